The van der Waals surface area contributed by atoms with Crippen LogP contribution in [0.3, 0.4) is 0 Å². The number of carbonyl (C=O) groups excluding carboxylic acids is 1. The van der Waals surface area contributed by atoms with E-state index in [1.54, 1.807) is 30.3 Å². The summed E-state index contributed by atoms with van der Waals surface area (Å²) in [6.45, 7) is 0. The average molecular weight is 212 g/mol. The third-order valence-corrected chi connectivity index (χ3v) is 1.96. The molecule has 0 aliphatic rings. The average Bonchev–Trinajstić information content (AvgIpc) is 2.18. The van der Waals surface area contributed by atoms with Crippen LogP contribution in [0.2, 0.25) is 0 Å². The second-order valence-electron chi connectivity index (χ2n) is 2.39. The molecule has 0 aliphatic carbocycles. The molecule has 0 amide bonds. The van der Waals surface area contributed by atoms with Gasteiger partial charge in [-0.05, 0) is 12.1 Å². The molecule has 4 nitrogen and oxygen atoms in total. The molecule has 0 spiro atoms. The molecule has 1 aromatic carbocycles. The number of benzene rings is 1. The molecule has 0 aliphatic heterocycles. The van der Waals surface area contributed by atoms with Crippen LogP contribution >= 0.6 is 12.0 Å². The summed E-state index contributed by atoms with van der Waals surface area (Å²) in [7, 11) is 0. The number of rotatable bonds is 4. The van der Waals surface area contributed by atoms with Crippen molar-refractivity contribution in [2.24, 2.45) is 0 Å². The zero-order chi connectivity index (χ0) is 10.4. The molecular weight excluding hydrogens is 204 g/mol. The van der Waals surface area contributed by atoms with Crippen molar-refractivity contribution < 1.29 is 18.9 Å². The van der Waals surface area contributed by atoms with Crippen LogP contribution in [0.5, 0.6) is 0 Å². The van der Waals surface area contributed by atoms with Gasteiger partial charge in [-0.15, -0.1) is 0 Å². The summed E-state index contributed by atoms with van der Waals surface area (Å²) in [6.07, 6.45) is 0. The van der Waals surface area contributed by atoms with Crippen LogP contribution in [-0.2, 0) is 8.98 Å². The summed E-state index contributed by atoms with van der Waals surface area (Å²) in [4.78, 5) is 21.3. The molecule has 0 saturated heterocycles. The van der Waals surface area contributed by atoms with Crippen LogP contribution in [-0.4, -0.2) is 22.8 Å². The Bertz CT molecular complexity index is 323. The first-order valence-electron chi connectivity index (χ1n) is 3.81. The van der Waals surface area contributed by atoms with Crippen molar-refractivity contribution in [1.29, 1.82) is 0 Å². The molecule has 0 bridgehead atoms. The van der Waals surface area contributed by atoms with E-state index < -0.39 is 11.9 Å². The Morgan fingerprint density at radius 3 is 2.50 bits per heavy atom. The molecule has 74 valence electrons. The monoisotopic (exact) mass is 212 g/mol. The zero-order valence-electron chi connectivity index (χ0n) is 7.17. The Balaban J connectivity index is 2.40. The molecule has 0 atom stereocenters. The normalized spacial score (nSPS) is 9.43. The van der Waals surface area contributed by atoms with Gasteiger partial charge in [-0.3, -0.25) is 4.79 Å². The van der Waals surface area contributed by atoms with Crippen molar-refractivity contribution in [3.8, 4) is 0 Å². The first kappa shape index (κ1) is 10.6. The smallest absolute Gasteiger partial charge is 0.350 e. The second kappa shape index (κ2) is 5.29. The van der Waals surface area contributed by atoms with Gasteiger partial charge in [0, 0.05) is 0 Å². The van der Waals surface area contributed by atoms with Crippen LogP contribution in [0, 0.1) is 0 Å². The molecule has 5 heteroatoms. The van der Waals surface area contributed by atoms with Gasteiger partial charge >= 0.3 is 11.9 Å². The molecule has 1 N–H and O–H groups in total. The summed E-state index contributed by atoms with van der Waals surface area (Å²) < 4.78 is 4.64. The highest BCUT2D eigenvalue weighted by atomic mass is 32.2. The molecular formula is C9H8O4S. The van der Waals surface area contributed by atoms with Crippen LogP contribution < -0.4 is 0 Å². The zero-order valence-corrected chi connectivity index (χ0v) is 7.99. The van der Waals surface area contributed by atoms with Crippen LogP contribution in [0.15, 0.2) is 30.3 Å². The second-order valence-corrected chi connectivity index (χ2v) is 3.08. The van der Waals surface area contributed by atoms with E-state index in [1.807, 2.05) is 0 Å². The quantitative estimate of drug-likeness (QED) is 0.767. The Kier molecular flexibility index (Phi) is 4.00. The van der Waals surface area contributed by atoms with Crippen LogP contribution in [0.25, 0.3) is 0 Å². The summed E-state index contributed by atoms with van der Waals surface area (Å²) in [6, 6.07) is 8.39. The van der Waals surface area contributed by atoms with E-state index >= 15 is 0 Å². The Morgan fingerprint density at radius 1 is 1.29 bits per heavy atom. The van der Waals surface area contributed by atoms with E-state index in [4.69, 9.17) is 5.11 Å². The third kappa shape index (κ3) is 3.49. The van der Waals surface area contributed by atoms with Gasteiger partial charge in [0.2, 0.25) is 0 Å². The van der Waals surface area contributed by atoms with Crippen molar-refractivity contribution in [3.05, 3.63) is 35.9 Å². The predicted molar refractivity (Wildman–Crippen MR) is 52.0 cm³/mol. The van der Waals surface area contributed by atoms with Crippen LogP contribution in [0.4, 0.5) is 0 Å². The summed E-state index contributed by atoms with van der Waals surface area (Å²) in [5.41, 5.74) is 0.408. The maximum Gasteiger partial charge on any atom is 0.350 e. The molecule has 0 saturated carbocycles. The number of carbonyl (C=O) groups is 2. The summed E-state index contributed by atoms with van der Waals surface area (Å²) in [5, 5.41) is 8.28. The molecule has 0 radical (unpaired) electrons. The van der Waals surface area contributed by atoms with Gasteiger partial charge < -0.3 is 9.29 Å². The predicted octanol–water partition coefficient (Wildman–Crippen LogP) is 1.58. The standard InChI is InChI=1S/C9H8O4S/c10-8(11)6-14-13-9(12)7-4-2-1-3-5-7/h1-5H,6H2,(H,10,11). The first-order chi connectivity index (χ1) is 6.70. The van der Waals surface area contributed by atoms with Gasteiger partial charge in [-0.25, -0.2) is 4.79 Å². The Hall–Kier alpha value is -1.49. The fourth-order valence-electron chi connectivity index (χ4n) is 0.756. The van der Waals surface area contributed by atoms with E-state index in [0.717, 1.165) is 0 Å². The Labute approximate surface area is 85.1 Å². The fraction of sp³-hybridized carbons (Fsp3) is 0.111. The number of aliphatic carboxylic acids is 1. The van der Waals surface area contributed by atoms with E-state index in [9.17, 15) is 9.59 Å². The highest BCUT2D eigenvalue weighted by molar-refractivity contribution is 7.95. The highest BCUT2D eigenvalue weighted by Gasteiger charge is 2.07. The molecule has 1 aromatic rings. The number of carboxylic acids is 1. The summed E-state index contributed by atoms with van der Waals surface area (Å²) >= 11 is 0.615. The van der Waals surface area contributed by atoms with Gasteiger partial charge in [0.1, 0.15) is 5.75 Å². The van der Waals surface area contributed by atoms with Crippen molar-refractivity contribution in [3.63, 3.8) is 0 Å². The minimum atomic E-state index is -1.02. The minimum absolute atomic E-state index is 0.251. The van der Waals surface area contributed by atoms with Crippen molar-refractivity contribution in [1.82, 2.24) is 0 Å². The fourth-order valence-corrected chi connectivity index (χ4v) is 1.12. The van der Waals surface area contributed by atoms with Crippen molar-refractivity contribution in [2.45, 2.75) is 0 Å². The summed E-state index contributed by atoms with van der Waals surface area (Å²) in [5.74, 6) is -1.80. The van der Waals surface area contributed by atoms with Crippen molar-refractivity contribution >= 4 is 24.0 Å². The number of hydrogen-bond acceptors (Lipinski definition) is 4. The maximum atomic E-state index is 11.2. The maximum absolute atomic E-state index is 11.2. The van der Waals surface area contributed by atoms with Gasteiger partial charge in [0.25, 0.3) is 0 Å². The van der Waals surface area contributed by atoms with Gasteiger partial charge in [-0.2, -0.15) is 0 Å². The van der Waals surface area contributed by atoms with E-state index in [1.165, 1.54) is 0 Å². The Morgan fingerprint density at radius 2 is 1.93 bits per heavy atom. The van der Waals surface area contributed by atoms with Crippen molar-refractivity contribution in [2.75, 3.05) is 5.75 Å². The lowest BCUT2D eigenvalue weighted by molar-refractivity contribution is -0.133. The number of carboxylic acid groups (broad SMARTS) is 1. The van der Waals surface area contributed by atoms with E-state index in [0.29, 0.717) is 17.6 Å². The molecule has 14 heavy (non-hydrogen) atoms. The lowest BCUT2D eigenvalue weighted by Gasteiger charge is -1.99. The first-order valence-corrected chi connectivity index (χ1v) is 4.72. The molecule has 0 fully saturated rings. The lowest BCUT2D eigenvalue weighted by Crippen LogP contribution is -2.03. The highest BCUT2D eigenvalue weighted by Crippen LogP contribution is 2.08. The van der Waals surface area contributed by atoms with E-state index in [-0.39, 0.29) is 5.75 Å². The topological polar surface area (TPSA) is 63.6 Å². The molecule has 0 aromatic heterocycles. The van der Waals surface area contributed by atoms with E-state index in [2.05, 4.69) is 4.18 Å². The number of hydrogen-bond donors (Lipinski definition) is 1. The molecule has 1 rings (SSSR count). The van der Waals surface area contributed by atoms with Gasteiger partial charge in [0.15, 0.2) is 0 Å². The minimum Gasteiger partial charge on any atom is -0.481 e. The van der Waals surface area contributed by atoms with Gasteiger partial charge in [0.05, 0.1) is 17.6 Å². The lowest BCUT2D eigenvalue weighted by atomic mass is 10.2. The van der Waals surface area contributed by atoms with Gasteiger partial charge in [-0.1, -0.05) is 18.2 Å². The van der Waals surface area contributed by atoms with Crippen LogP contribution in [0.1, 0.15) is 10.4 Å². The molecule has 0 unspecified atom stereocenters. The SMILES string of the molecule is O=C(O)CSOC(=O)c1ccccc1. The molecule has 0 heterocycles. The third-order valence-electron chi connectivity index (χ3n) is 1.33. The largest absolute Gasteiger partial charge is 0.481 e.